The highest BCUT2D eigenvalue weighted by atomic mass is 79.9. The van der Waals surface area contributed by atoms with Gasteiger partial charge in [0.1, 0.15) is 0 Å². The fourth-order valence-corrected chi connectivity index (χ4v) is 4.33. The first kappa shape index (κ1) is 18.4. The van der Waals surface area contributed by atoms with Crippen LogP contribution in [0, 0.1) is 5.92 Å². The molecule has 1 rings (SSSR count). The summed E-state index contributed by atoms with van der Waals surface area (Å²) < 4.78 is 1.77. The Morgan fingerprint density at radius 3 is 2.50 bits per heavy atom. The second-order valence-electron chi connectivity index (χ2n) is 4.27. The van der Waals surface area contributed by atoms with E-state index in [1.807, 2.05) is 6.07 Å². The van der Waals surface area contributed by atoms with Gasteiger partial charge in [0.25, 0.3) is 5.91 Å². The molecule has 0 aliphatic heterocycles. The first-order valence-corrected chi connectivity index (χ1v) is 7.80. The molecule has 7 heteroatoms. The van der Waals surface area contributed by atoms with Gasteiger partial charge in [-0.1, -0.05) is 13.8 Å². The Morgan fingerprint density at radius 1 is 1.50 bits per heavy atom. The third kappa shape index (κ3) is 5.57. The minimum atomic E-state index is -0.0741. The molecule has 0 bridgehead atoms. The lowest BCUT2D eigenvalue weighted by Gasteiger charge is -2.18. The molecule has 0 saturated carbocycles. The zero-order chi connectivity index (χ0) is 13.0. The van der Waals surface area contributed by atoms with Crippen molar-refractivity contribution in [1.29, 1.82) is 0 Å². The second kappa shape index (κ2) is 8.53. The van der Waals surface area contributed by atoms with Gasteiger partial charge in [0.15, 0.2) is 0 Å². The zero-order valence-electron chi connectivity index (χ0n) is 10.2. The van der Waals surface area contributed by atoms with Gasteiger partial charge in [-0.3, -0.25) is 4.79 Å². The summed E-state index contributed by atoms with van der Waals surface area (Å²) in [5.41, 5.74) is 6.31. The third-order valence-corrected chi connectivity index (χ3v) is 4.62. The topological polar surface area (TPSA) is 55.1 Å². The number of halogens is 3. The van der Waals surface area contributed by atoms with Gasteiger partial charge in [0, 0.05) is 12.6 Å². The molecular formula is C11H17Br2ClN2OS. The molecular weight excluding hydrogens is 403 g/mol. The number of carbonyl (C=O) groups is 1. The average molecular weight is 421 g/mol. The van der Waals surface area contributed by atoms with E-state index in [1.165, 1.54) is 11.3 Å². The maximum absolute atomic E-state index is 12.0. The molecule has 1 aromatic heterocycles. The summed E-state index contributed by atoms with van der Waals surface area (Å²) in [7, 11) is 0. The molecule has 1 unspecified atom stereocenters. The van der Waals surface area contributed by atoms with Gasteiger partial charge in [-0.15, -0.1) is 23.7 Å². The lowest BCUT2D eigenvalue weighted by Crippen LogP contribution is -2.41. The van der Waals surface area contributed by atoms with Crippen LogP contribution in [0.1, 0.15) is 30.6 Å². The van der Waals surface area contributed by atoms with Crippen LogP contribution in [0.3, 0.4) is 0 Å². The van der Waals surface area contributed by atoms with Crippen LogP contribution >= 0.6 is 55.6 Å². The first-order valence-electron chi connectivity index (χ1n) is 5.39. The Kier molecular flexibility index (Phi) is 8.71. The van der Waals surface area contributed by atoms with E-state index in [-0.39, 0.29) is 24.4 Å². The van der Waals surface area contributed by atoms with Crippen LogP contribution in [0.5, 0.6) is 0 Å². The van der Waals surface area contributed by atoms with E-state index in [9.17, 15) is 4.79 Å². The summed E-state index contributed by atoms with van der Waals surface area (Å²) in [5.74, 6) is 0.441. The van der Waals surface area contributed by atoms with E-state index in [0.29, 0.717) is 18.0 Å². The van der Waals surface area contributed by atoms with E-state index in [2.05, 4.69) is 51.0 Å². The monoisotopic (exact) mass is 418 g/mol. The van der Waals surface area contributed by atoms with Gasteiger partial charge in [0.2, 0.25) is 0 Å². The molecule has 104 valence electrons. The molecule has 0 radical (unpaired) electrons. The van der Waals surface area contributed by atoms with Crippen LogP contribution in [-0.2, 0) is 0 Å². The molecule has 0 aliphatic rings. The minimum Gasteiger partial charge on any atom is -0.348 e. The molecule has 0 aromatic carbocycles. The predicted octanol–water partition coefficient (Wildman–Crippen LogP) is 3.80. The SMILES string of the molecule is CC(C)CC(CN)NC(=O)c1cc(Br)sc1Br.Cl. The van der Waals surface area contributed by atoms with Crippen LogP contribution in [0.25, 0.3) is 0 Å². The number of nitrogens with two attached hydrogens (primary N) is 1. The lowest BCUT2D eigenvalue weighted by molar-refractivity contribution is 0.0933. The van der Waals surface area contributed by atoms with E-state index in [1.54, 1.807) is 0 Å². The first-order chi connectivity index (χ1) is 7.93. The Balaban J connectivity index is 0.00000289. The summed E-state index contributed by atoms with van der Waals surface area (Å²) in [4.78, 5) is 12.0. The molecule has 3 nitrogen and oxygen atoms in total. The third-order valence-electron chi connectivity index (χ3n) is 2.28. The molecule has 1 atom stereocenters. The maximum Gasteiger partial charge on any atom is 0.253 e. The van der Waals surface area contributed by atoms with E-state index >= 15 is 0 Å². The molecule has 0 spiro atoms. The smallest absolute Gasteiger partial charge is 0.253 e. The number of amides is 1. The fraction of sp³-hybridized carbons (Fsp3) is 0.545. The highest BCUT2D eigenvalue weighted by molar-refractivity contribution is 9.12. The highest BCUT2D eigenvalue weighted by Gasteiger charge is 2.17. The number of thiophene rings is 1. The molecule has 0 fully saturated rings. The number of rotatable bonds is 5. The van der Waals surface area contributed by atoms with E-state index < -0.39 is 0 Å². The largest absolute Gasteiger partial charge is 0.348 e. The average Bonchev–Trinajstić information content (AvgIpc) is 2.56. The molecule has 3 N–H and O–H groups in total. The van der Waals surface area contributed by atoms with Crippen molar-refractivity contribution >= 4 is 61.5 Å². The van der Waals surface area contributed by atoms with Crippen LogP contribution < -0.4 is 11.1 Å². The molecule has 1 amide bonds. The van der Waals surface area contributed by atoms with Crippen molar-refractivity contribution in [3.63, 3.8) is 0 Å². The normalized spacial score (nSPS) is 12.1. The minimum absolute atomic E-state index is 0. The van der Waals surface area contributed by atoms with Crippen molar-refractivity contribution in [3.8, 4) is 0 Å². The second-order valence-corrected chi connectivity index (χ2v) is 8.02. The Hall–Kier alpha value is 0.380. The fourth-order valence-electron chi connectivity index (χ4n) is 1.54. The van der Waals surface area contributed by atoms with Crippen LogP contribution in [-0.4, -0.2) is 18.5 Å². The number of carbonyl (C=O) groups excluding carboxylic acids is 1. The van der Waals surface area contributed by atoms with Gasteiger partial charge in [-0.2, -0.15) is 0 Å². The molecule has 1 aromatic rings. The highest BCUT2D eigenvalue weighted by Crippen LogP contribution is 2.31. The number of hydrogen-bond acceptors (Lipinski definition) is 3. The van der Waals surface area contributed by atoms with Gasteiger partial charge in [-0.25, -0.2) is 0 Å². The molecule has 1 heterocycles. The summed E-state index contributed by atoms with van der Waals surface area (Å²) in [6.45, 7) is 4.70. The quantitative estimate of drug-likeness (QED) is 0.761. The molecule has 18 heavy (non-hydrogen) atoms. The Bertz CT molecular complexity index is 398. The van der Waals surface area contributed by atoms with Crippen molar-refractivity contribution in [2.45, 2.75) is 26.3 Å². The van der Waals surface area contributed by atoms with Crippen LogP contribution in [0.15, 0.2) is 13.6 Å². The van der Waals surface area contributed by atoms with Gasteiger partial charge < -0.3 is 11.1 Å². The van der Waals surface area contributed by atoms with Crippen LogP contribution in [0.2, 0.25) is 0 Å². The predicted molar refractivity (Wildman–Crippen MR) is 86.7 cm³/mol. The van der Waals surface area contributed by atoms with Gasteiger partial charge in [-0.05, 0) is 50.3 Å². The zero-order valence-corrected chi connectivity index (χ0v) is 15.0. The van der Waals surface area contributed by atoms with Crippen molar-refractivity contribution < 1.29 is 4.79 Å². The van der Waals surface area contributed by atoms with Gasteiger partial charge in [0.05, 0.1) is 13.1 Å². The van der Waals surface area contributed by atoms with E-state index in [4.69, 9.17) is 5.73 Å². The lowest BCUT2D eigenvalue weighted by atomic mass is 10.0. The summed E-state index contributed by atoms with van der Waals surface area (Å²) in [6.07, 6.45) is 0.894. The Morgan fingerprint density at radius 2 is 2.11 bits per heavy atom. The summed E-state index contributed by atoms with van der Waals surface area (Å²) >= 11 is 8.22. The molecule has 0 saturated heterocycles. The van der Waals surface area contributed by atoms with Crippen molar-refractivity contribution in [3.05, 3.63) is 19.2 Å². The van der Waals surface area contributed by atoms with E-state index in [0.717, 1.165) is 14.0 Å². The standard InChI is InChI=1S/C11H16Br2N2OS.ClH/c1-6(2)3-7(5-14)15-11(16)8-4-9(12)17-10(8)13;/h4,6-7H,3,5,14H2,1-2H3,(H,15,16);1H. The number of hydrogen-bond donors (Lipinski definition) is 2. The van der Waals surface area contributed by atoms with Crippen molar-refractivity contribution in [1.82, 2.24) is 5.32 Å². The van der Waals surface area contributed by atoms with Crippen molar-refractivity contribution in [2.75, 3.05) is 6.54 Å². The summed E-state index contributed by atoms with van der Waals surface area (Å²) in [5, 5.41) is 2.96. The van der Waals surface area contributed by atoms with Crippen molar-refractivity contribution in [2.24, 2.45) is 11.7 Å². The summed E-state index contributed by atoms with van der Waals surface area (Å²) in [6, 6.07) is 1.85. The van der Waals surface area contributed by atoms with Gasteiger partial charge >= 0.3 is 0 Å². The molecule has 0 aliphatic carbocycles. The van der Waals surface area contributed by atoms with Crippen LogP contribution in [0.4, 0.5) is 0 Å². The Labute approximate surface area is 135 Å². The maximum atomic E-state index is 12.0. The number of nitrogens with one attached hydrogen (secondary N) is 1.